The zero-order valence-electron chi connectivity index (χ0n) is 15.8. The summed E-state index contributed by atoms with van der Waals surface area (Å²) >= 11 is 5.28. The monoisotopic (exact) mass is 362 g/mol. The predicted molar refractivity (Wildman–Crippen MR) is 103 cm³/mol. The smallest absolute Gasteiger partial charge is 0.265 e. The van der Waals surface area contributed by atoms with Gasteiger partial charge in [0.15, 0.2) is 5.11 Å². The number of nitrogens with zero attached hydrogens (tertiary/aromatic N) is 4. The first kappa shape index (κ1) is 19.3. The van der Waals surface area contributed by atoms with E-state index in [-0.39, 0.29) is 27.9 Å². The molecule has 6 nitrogen and oxygen atoms in total. The van der Waals surface area contributed by atoms with Crippen LogP contribution in [0.5, 0.6) is 0 Å². The lowest BCUT2D eigenvalue weighted by Gasteiger charge is -2.35. The molecule has 0 aromatic rings. The van der Waals surface area contributed by atoms with Crippen molar-refractivity contribution in [1.82, 2.24) is 14.8 Å². The first-order chi connectivity index (χ1) is 11.7. The maximum absolute atomic E-state index is 12.7. The van der Waals surface area contributed by atoms with Crippen molar-refractivity contribution in [2.75, 3.05) is 19.6 Å². The molecule has 0 unspecified atom stereocenters. The van der Waals surface area contributed by atoms with Gasteiger partial charge in [-0.15, -0.1) is 0 Å². The average molecular weight is 362 g/mol. The van der Waals surface area contributed by atoms with E-state index in [0.717, 1.165) is 18.0 Å². The highest BCUT2D eigenvalue weighted by atomic mass is 32.1. The summed E-state index contributed by atoms with van der Waals surface area (Å²) in [6.45, 7) is 13.5. The number of hydrazone groups is 1. The molecule has 0 aliphatic carbocycles. The van der Waals surface area contributed by atoms with Gasteiger partial charge in [-0.2, -0.15) is 5.10 Å². The van der Waals surface area contributed by atoms with Crippen LogP contribution in [0.1, 0.15) is 41.5 Å². The molecule has 2 amide bonds. The summed E-state index contributed by atoms with van der Waals surface area (Å²) in [5, 5.41) is 6.74. The molecule has 7 heteroatoms. The standard InChI is InChI=1S/C18H26N4O2S/c1-7-20-15(23)13(16(24)21(8-2)17(20)25)10-11-14-18(5,6)12(4)19-22(14)9-3/h10-11H,7-9H2,1-6H3. The number of hydrogen-bond acceptors (Lipinski definition) is 5. The second-order valence-electron chi connectivity index (χ2n) is 6.54. The number of carbonyl (C=O) groups excluding carboxylic acids is 2. The molecule has 2 heterocycles. The third kappa shape index (κ3) is 3.13. The van der Waals surface area contributed by atoms with E-state index in [1.807, 2.05) is 38.8 Å². The van der Waals surface area contributed by atoms with Gasteiger partial charge in [0.1, 0.15) is 5.57 Å². The van der Waals surface area contributed by atoms with Crippen LogP contribution in [0.2, 0.25) is 0 Å². The Balaban J connectivity index is 2.46. The number of likely N-dealkylation sites (N-methyl/N-ethyl adjacent to an activating group) is 2. The van der Waals surface area contributed by atoms with Gasteiger partial charge in [0.25, 0.3) is 11.8 Å². The molecule has 0 spiro atoms. The highest BCUT2D eigenvalue weighted by Crippen LogP contribution is 2.37. The zero-order chi connectivity index (χ0) is 18.9. The highest BCUT2D eigenvalue weighted by molar-refractivity contribution is 7.80. The first-order valence-corrected chi connectivity index (χ1v) is 9.04. The van der Waals surface area contributed by atoms with E-state index in [1.165, 1.54) is 9.80 Å². The van der Waals surface area contributed by atoms with Crippen molar-refractivity contribution in [3.8, 4) is 0 Å². The number of thiocarbonyl (C=S) groups is 1. The summed E-state index contributed by atoms with van der Waals surface area (Å²) in [7, 11) is 0. The van der Waals surface area contributed by atoms with E-state index >= 15 is 0 Å². The third-order valence-electron chi connectivity index (χ3n) is 4.85. The largest absolute Gasteiger partial charge is 0.285 e. The van der Waals surface area contributed by atoms with Crippen molar-refractivity contribution in [2.24, 2.45) is 10.5 Å². The van der Waals surface area contributed by atoms with Crippen molar-refractivity contribution < 1.29 is 9.59 Å². The lowest BCUT2D eigenvalue weighted by molar-refractivity contribution is -0.133. The van der Waals surface area contributed by atoms with Gasteiger partial charge in [0.05, 0.1) is 0 Å². The topological polar surface area (TPSA) is 56.2 Å². The molecule has 0 aromatic heterocycles. The molecular weight excluding hydrogens is 336 g/mol. The average Bonchev–Trinajstić information content (AvgIpc) is 2.78. The van der Waals surface area contributed by atoms with Gasteiger partial charge in [-0.3, -0.25) is 24.4 Å². The van der Waals surface area contributed by atoms with E-state index in [4.69, 9.17) is 12.2 Å². The molecule has 0 saturated carbocycles. The molecule has 0 N–H and O–H groups in total. The Hall–Kier alpha value is -2.02. The molecule has 1 fully saturated rings. The quantitative estimate of drug-likeness (QED) is 0.438. The van der Waals surface area contributed by atoms with Crippen LogP contribution in [-0.2, 0) is 9.59 Å². The van der Waals surface area contributed by atoms with Gasteiger partial charge < -0.3 is 0 Å². The van der Waals surface area contributed by atoms with Crippen LogP contribution in [0.4, 0.5) is 0 Å². The molecule has 1 saturated heterocycles. The van der Waals surface area contributed by atoms with E-state index in [2.05, 4.69) is 18.9 Å². The van der Waals surface area contributed by atoms with Crippen molar-refractivity contribution in [2.45, 2.75) is 41.5 Å². The van der Waals surface area contributed by atoms with E-state index in [1.54, 1.807) is 6.08 Å². The lowest BCUT2D eigenvalue weighted by Crippen LogP contribution is -2.55. The number of amides is 2. The van der Waals surface area contributed by atoms with Crippen LogP contribution < -0.4 is 0 Å². The fourth-order valence-corrected chi connectivity index (χ4v) is 3.39. The molecule has 0 aromatic carbocycles. The minimum atomic E-state index is -0.337. The Morgan fingerprint density at radius 2 is 1.52 bits per heavy atom. The molecule has 2 aliphatic rings. The van der Waals surface area contributed by atoms with Crippen LogP contribution in [0, 0.1) is 5.41 Å². The summed E-state index contributed by atoms with van der Waals surface area (Å²) in [6.07, 6.45) is 3.45. The third-order valence-corrected chi connectivity index (χ3v) is 5.29. The maximum atomic E-state index is 12.7. The minimum absolute atomic E-state index is 0.140. The van der Waals surface area contributed by atoms with Gasteiger partial charge in [0, 0.05) is 36.5 Å². The second kappa shape index (κ2) is 7.07. The summed E-state index contributed by atoms with van der Waals surface area (Å²) in [6, 6.07) is 0. The van der Waals surface area contributed by atoms with E-state index < -0.39 is 0 Å². The lowest BCUT2D eigenvalue weighted by atomic mass is 9.85. The van der Waals surface area contributed by atoms with E-state index in [0.29, 0.717) is 13.1 Å². The summed E-state index contributed by atoms with van der Waals surface area (Å²) < 4.78 is 0. The van der Waals surface area contributed by atoms with Gasteiger partial charge >= 0.3 is 0 Å². The van der Waals surface area contributed by atoms with Crippen LogP contribution in [-0.4, -0.2) is 57.1 Å². The molecule has 0 atom stereocenters. The van der Waals surface area contributed by atoms with Crippen LogP contribution in [0.25, 0.3) is 0 Å². The van der Waals surface area contributed by atoms with Crippen molar-refractivity contribution >= 4 is 34.9 Å². The Morgan fingerprint density at radius 1 is 1.00 bits per heavy atom. The number of allylic oxidation sites excluding steroid dienone is 3. The molecule has 0 radical (unpaired) electrons. The number of hydrogen-bond donors (Lipinski definition) is 0. The van der Waals surface area contributed by atoms with Gasteiger partial charge in [-0.25, -0.2) is 0 Å². The molecule has 0 bridgehead atoms. The summed E-state index contributed by atoms with van der Waals surface area (Å²) in [5.41, 5.74) is 1.88. The summed E-state index contributed by atoms with van der Waals surface area (Å²) in [4.78, 5) is 28.3. The Labute approximate surface area is 154 Å². The fraction of sp³-hybridized carbons (Fsp3) is 0.556. The van der Waals surface area contributed by atoms with Gasteiger partial charge in [0.2, 0.25) is 0 Å². The Kier molecular flexibility index (Phi) is 5.46. The SMILES string of the molecule is CCN1N=C(C)C(C)(C)C1=CC=C1C(=O)N(CC)C(=S)N(CC)C1=O. The maximum Gasteiger partial charge on any atom is 0.265 e. The van der Waals surface area contributed by atoms with Crippen LogP contribution in [0.3, 0.4) is 0 Å². The van der Waals surface area contributed by atoms with Crippen molar-refractivity contribution in [1.29, 1.82) is 0 Å². The van der Waals surface area contributed by atoms with E-state index in [9.17, 15) is 9.59 Å². The predicted octanol–water partition coefficient (Wildman–Crippen LogP) is 2.53. The number of carbonyl (C=O) groups is 2. The Bertz CT molecular complexity index is 678. The molecule has 2 rings (SSSR count). The highest BCUT2D eigenvalue weighted by Gasteiger charge is 2.39. The molecule has 25 heavy (non-hydrogen) atoms. The molecule has 136 valence electrons. The minimum Gasteiger partial charge on any atom is -0.285 e. The first-order valence-electron chi connectivity index (χ1n) is 8.63. The van der Waals surface area contributed by atoms with Crippen molar-refractivity contribution in [3.05, 3.63) is 23.4 Å². The van der Waals surface area contributed by atoms with Crippen LogP contribution in [0.15, 0.2) is 28.5 Å². The second-order valence-corrected chi connectivity index (χ2v) is 6.90. The normalized spacial score (nSPS) is 22.2. The fourth-order valence-electron chi connectivity index (χ4n) is 2.97. The van der Waals surface area contributed by atoms with Gasteiger partial charge in [-0.05, 0) is 65.9 Å². The number of rotatable bonds is 4. The molecular formula is C18H26N4O2S. The zero-order valence-corrected chi connectivity index (χ0v) is 16.6. The van der Waals surface area contributed by atoms with Crippen LogP contribution >= 0.6 is 12.2 Å². The molecule has 2 aliphatic heterocycles. The van der Waals surface area contributed by atoms with Gasteiger partial charge in [-0.1, -0.05) is 0 Å². The summed E-state index contributed by atoms with van der Waals surface area (Å²) in [5.74, 6) is -0.675. The van der Waals surface area contributed by atoms with Crippen molar-refractivity contribution in [3.63, 3.8) is 0 Å². The Morgan fingerprint density at radius 3 is 1.96 bits per heavy atom.